The molecular weight excluding hydrogens is 362 g/mol. The monoisotopic (exact) mass is 403 g/mol. The van der Waals surface area contributed by atoms with E-state index in [1.54, 1.807) is 0 Å². The minimum atomic E-state index is -0.506. The van der Waals surface area contributed by atoms with E-state index in [-0.39, 0.29) is 18.2 Å². The molecule has 1 saturated heterocycles. The van der Waals surface area contributed by atoms with E-state index in [4.69, 9.17) is 4.74 Å². The van der Waals surface area contributed by atoms with Gasteiger partial charge >= 0.3 is 6.09 Å². The summed E-state index contributed by atoms with van der Waals surface area (Å²) in [7, 11) is 0. The summed E-state index contributed by atoms with van der Waals surface area (Å²) < 4.78 is 5.82. The second-order valence-electron chi connectivity index (χ2n) is 9.88. The highest BCUT2D eigenvalue weighted by Crippen LogP contribution is 2.29. The molecule has 1 fully saturated rings. The van der Waals surface area contributed by atoms with Crippen LogP contribution < -0.4 is 10.6 Å². The van der Waals surface area contributed by atoms with Crippen LogP contribution in [0.15, 0.2) is 30.3 Å². The molecule has 5 heteroatoms. The molecule has 0 spiro atoms. The third-order valence-electron chi connectivity index (χ3n) is 5.48. The first-order valence-electron chi connectivity index (χ1n) is 11.1. The first-order chi connectivity index (χ1) is 13.6. The van der Waals surface area contributed by atoms with Crippen molar-refractivity contribution in [2.75, 3.05) is 19.6 Å². The van der Waals surface area contributed by atoms with Crippen LogP contribution >= 0.6 is 0 Å². The normalized spacial score (nSPS) is 20.9. The summed E-state index contributed by atoms with van der Waals surface area (Å²) in [6.07, 6.45) is 0.624. The van der Waals surface area contributed by atoms with Gasteiger partial charge in [0.15, 0.2) is 0 Å². The summed E-state index contributed by atoms with van der Waals surface area (Å²) in [6, 6.07) is 11.1. The van der Waals surface area contributed by atoms with Gasteiger partial charge in [-0.25, -0.2) is 4.79 Å². The van der Waals surface area contributed by atoms with Crippen molar-refractivity contribution in [3.63, 3.8) is 0 Å². The van der Waals surface area contributed by atoms with Crippen LogP contribution in [0.1, 0.15) is 54.0 Å². The fraction of sp³-hybridized carbons (Fsp3) is 0.708. The highest BCUT2D eigenvalue weighted by Gasteiger charge is 2.40. The Labute approximate surface area is 177 Å². The van der Waals surface area contributed by atoms with Crippen LogP contribution in [0.5, 0.6) is 0 Å². The van der Waals surface area contributed by atoms with Crippen molar-refractivity contribution in [3.05, 3.63) is 35.9 Å². The second kappa shape index (κ2) is 10.4. The molecule has 0 saturated carbocycles. The van der Waals surface area contributed by atoms with E-state index in [0.717, 1.165) is 26.1 Å². The molecule has 2 rings (SSSR count). The zero-order chi connectivity index (χ0) is 21.6. The van der Waals surface area contributed by atoms with E-state index in [2.05, 4.69) is 62.6 Å². The molecular formula is C24H41N3O2. The van der Waals surface area contributed by atoms with E-state index in [9.17, 15) is 4.79 Å². The molecule has 1 aliphatic rings. The molecule has 0 radical (unpaired) electrons. The first kappa shape index (κ1) is 23.7. The van der Waals surface area contributed by atoms with Crippen LogP contribution in [-0.2, 0) is 11.2 Å². The largest absolute Gasteiger partial charge is 0.444 e. The Kier molecular flexibility index (Phi) is 8.53. The third kappa shape index (κ3) is 7.31. The van der Waals surface area contributed by atoms with E-state index in [1.165, 1.54) is 5.56 Å². The topological polar surface area (TPSA) is 53.6 Å². The molecule has 0 aromatic heterocycles. The van der Waals surface area contributed by atoms with Gasteiger partial charge in [-0.05, 0) is 71.5 Å². The van der Waals surface area contributed by atoms with Crippen molar-refractivity contribution in [2.24, 2.45) is 11.8 Å². The van der Waals surface area contributed by atoms with Gasteiger partial charge in [0.1, 0.15) is 5.60 Å². The molecule has 5 nitrogen and oxygen atoms in total. The molecule has 1 aromatic carbocycles. The lowest BCUT2D eigenvalue weighted by Crippen LogP contribution is -2.53. The molecule has 0 bridgehead atoms. The Hall–Kier alpha value is -1.59. The zero-order valence-corrected chi connectivity index (χ0v) is 19.4. The summed E-state index contributed by atoms with van der Waals surface area (Å²) >= 11 is 0. The lowest BCUT2D eigenvalue weighted by atomic mass is 9.84. The number of ether oxygens (including phenoxy) is 1. The van der Waals surface area contributed by atoms with Crippen LogP contribution in [-0.4, -0.2) is 54.4 Å². The average Bonchev–Trinajstić information content (AvgIpc) is 3.06. The number of amides is 1. The molecule has 29 heavy (non-hydrogen) atoms. The summed E-state index contributed by atoms with van der Waals surface area (Å²) in [5.41, 5.74) is 0.753. The quantitative estimate of drug-likeness (QED) is 0.687. The predicted molar refractivity (Wildman–Crippen MR) is 120 cm³/mol. The Bertz CT molecular complexity index is 625. The maximum Gasteiger partial charge on any atom is 0.410 e. The number of nitrogens with one attached hydrogen (secondary N) is 2. The van der Waals surface area contributed by atoms with Gasteiger partial charge in [0, 0.05) is 24.7 Å². The van der Waals surface area contributed by atoms with Gasteiger partial charge in [-0.15, -0.1) is 0 Å². The second-order valence-corrected chi connectivity index (χ2v) is 9.88. The molecule has 2 N–H and O–H groups in total. The van der Waals surface area contributed by atoms with Gasteiger partial charge in [0.25, 0.3) is 0 Å². The highest BCUT2D eigenvalue weighted by molar-refractivity contribution is 5.69. The first-order valence-corrected chi connectivity index (χ1v) is 11.1. The van der Waals surface area contributed by atoms with E-state index < -0.39 is 5.60 Å². The van der Waals surface area contributed by atoms with Crippen molar-refractivity contribution in [1.82, 2.24) is 15.5 Å². The van der Waals surface area contributed by atoms with Gasteiger partial charge in [-0.3, -0.25) is 0 Å². The van der Waals surface area contributed by atoms with Gasteiger partial charge < -0.3 is 20.3 Å². The zero-order valence-electron chi connectivity index (χ0n) is 19.4. The number of hydrogen-bond donors (Lipinski definition) is 2. The maximum absolute atomic E-state index is 13.2. The van der Waals surface area contributed by atoms with E-state index in [0.29, 0.717) is 17.9 Å². The van der Waals surface area contributed by atoms with Gasteiger partial charge in [0.05, 0.1) is 0 Å². The number of hydrogen-bond acceptors (Lipinski definition) is 4. The highest BCUT2D eigenvalue weighted by atomic mass is 16.6. The third-order valence-corrected chi connectivity index (χ3v) is 5.48. The molecule has 0 aliphatic carbocycles. The molecule has 3 atom stereocenters. The van der Waals surface area contributed by atoms with Crippen molar-refractivity contribution in [3.8, 4) is 0 Å². The van der Waals surface area contributed by atoms with Crippen LogP contribution in [0.4, 0.5) is 4.79 Å². The molecule has 1 amide bonds. The summed E-state index contributed by atoms with van der Waals surface area (Å²) in [6.45, 7) is 17.2. The molecule has 1 aliphatic heterocycles. The smallest absolute Gasteiger partial charge is 0.410 e. The van der Waals surface area contributed by atoms with Crippen molar-refractivity contribution in [2.45, 2.75) is 78.6 Å². The number of rotatable bonds is 8. The van der Waals surface area contributed by atoms with Crippen molar-refractivity contribution >= 4 is 6.09 Å². The maximum atomic E-state index is 13.2. The molecule has 1 unspecified atom stereocenters. The van der Waals surface area contributed by atoms with Crippen molar-refractivity contribution in [1.29, 1.82) is 0 Å². The summed E-state index contributed by atoms with van der Waals surface area (Å²) in [5, 5.41) is 7.17. The lowest BCUT2D eigenvalue weighted by molar-refractivity contribution is -0.000970. The van der Waals surface area contributed by atoms with E-state index >= 15 is 0 Å². The van der Waals surface area contributed by atoms with E-state index in [1.807, 2.05) is 31.7 Å². The van der Waals surface area contributed by atoms with Crippen LogP contribution in [0.25, 0.3) is 0 Å². The number of nitrogens with zero attached hydrogens (tertiary/aromatic N) is 1. The molecule has 1 heterocycles. The Morgan fingerprint density at radius 3 is 2.38 bits per heavy atom. The predicted octanol–water partition coefficient (Wildman–Crippen LogP) is 4.08. The standard InChI is InChI=1S/C24H41N3O2/c1-17(2)26-15-20-14-25-16-21(20)22(13-19-11-9-8-10-12-19)27(18(3)4)23(28)29-24(5,6)7/h8-12,17-18,20-22,25-26H,13-16H2,1-7H3/t20-,21+,22?/m0/s1. The van der Waals surface area contributed by atoms with Gasteiger partial charge in [-0.1, -0.05) is 44.2 Å². The minimum Gasteiger partial charge on any atom is -0.444 e. The van der Waals surface area contributed by atoms with Crippen molar-refractivity contribution < 1.29 is 9.53 Å². The Morgan fingerprint density at radius 1 is 1.17 bits per heavy atom. The van der Waals surface area contributed by atoms with Crippen LogP contribution in [0, 0.1) is 11.8 Å². The van der Waals surface area contributed by atoms with Gasteiger partial charge in [-0.2, -0.15) is 0 Å². The summed E-state index contributed by atoms with van der Waals surface area (Å²) in [5.74, 6) is 0.853. The molecule has 164 valence electrons. The minimum absolute atomic E-state index is 0.0675. The average molecular weight is 404 g/mol. The number of carbonyl (C=O) groups excluding carboxylic acids is 1. The number of benzene rings is 1. The van der Waals surface area contributed by atoms with Crippen LogP contribution in [0.3, 0.4) is 0 Å². The summed E-state index contributed by atoms with van der Waals surface area (Å²) in [4.78, 5) is 15.2. The fourth-order valence-corrected chi connectivity index (χ4v) is 4.17. The number of carbonyl (C=O) groups is 1. The Morgan fingerprint density at radius 2 is 1.83 bits per heavy atom. The van der Waals surface area contributed by atoms with Crippen LogP contribution in [0.2, 0.25) is 0 Å². The SMILES string of the molecule is CC(C)NC[C@@H]1CNC[C@H]1C(Cc1ccccc1)N(C(=O)OC(C)(C)C)C(C)C. The Balaban J connectivity index is 2.32. The van der Waals surface area contributed by atoms with Gasteiger partial charge in [0.2, 0.25) is 0 Å². The molecule has 1 aromatic rings. The lowest BCUT2D eigenvalue weighted by Gasteiger charge is -2.41. The fourth-order valence-electron chi connectivity index (χ4n) is 4.17.